The van der Waals surface area contributed by atoms with Crippen LogP contribution >= 0.6 is 11.5 Å². The van der Waals surface area contributed by atoms with Crippen LogP contribution in [0.3, 0.4) is 0 Å². The number of anilines is 1. The maximum atomic E-state index is 11.3. The summed E-state index contributed by atoms with van der Waals surface area (Å²) in [6.45, 7) is 8.16. The fraction of sp³-hybridized carbons (Fsp3) is 0.800. The maximum Gasteiger partial charge on any atom is 0.202 e. The SMILES string of the molecule is CCS(=O)(=O)CCNc1nc(C(C)(C)C)ns1. The smallest absolute Gasteiger partial charge is 0.202 e. The third-order valence-corrected chi connectivity index (χ3v) is 4.60. The molecule has 0 fully saturated rings. The molecule has 0 spiro atoms. The lowest BCUT2D eigenvalue weighted by molar-refractivity contribution is 0.555. The Morgan fingerprint density at radius 2 is 2.00 bits per heavy atom. The van der Waals surface area contributed by atoms with Crippen LogP contribution in [0.4, 0.5) is 5.13 Å². The van der Waals surface area contributed by atoms with E-state index in [9.17, 15) is 8.42 Å². The molecule has 0 aliphatic rings. The summed E-state index contributed by atoms with van der Waals surface area (Å²) < 4.78 is 26.8. The largest absolute Gasteiger partial charge is 0.359 e. The molecular formula is C10H19N3O2S2. The van der Waals surface area contributed by atoms with E-state index in [2.05, 4.69) is 14.7 Å². The van der Waals surface area contributed by atoms with E-state index in [4.69, 9.17) is 0 Å². The number of hydrogen-bond acceptors (Lipinski definition) is 6. The Labute approximate surface area is 107 Å². The van der Waals surface area contributed by atoms with Crippen molar-refractivity contribution >= 4 is 26.5 Å². The second-order valence-electron chi connectivity index (χ2n) is 4.84. The molecule has 0 aliphatic heterocycles. The van der Waals surface area contributed by atoms with Crippen molar-refractivity contribution in [1.29, 1.82) is 0 Å². The summed E-state index contributed by atoms with van der Waals surface area (Å²) in [5, 5.41) is 3.68. The summed E-state index contributed by atoms with van der Waals surface area (Å²) in [5.74, 6) is 1.09. The molecule has 1 rings (SSSR count). The van der Waals surface area contributed by atoms with E-state index in [1.165, 1.54) is 11.5 Å². The molecule has 0 radical (unpaired) electrons. The number of sulfone groups is 1. The molecule has 0 saturated heterocycles. The van der Waals surface area contributed by atoms with Crippen molar-refractivity contribution in [2.45, 2.75) is 33.1 Å². The van der Waals surface area contributed by atoms with E-state index < -0.39 is 9.84 Å². The summed E-state index contributed by atoms with van der Waals surface area (Å²) in [7, 11) is -2.92. The molecule has 0 amide bonds. The standard InChI is InChI=1S/C10H19N3O2S2/c1-5-17(14,15)7-6-11-9-12-8(13-16-9)10(2,3)4/h5-7H2,1-4H3,(H,11,12,13). The first-order valence-electron chi connectivity index (χ1n) is 5.53. The molecule has 0 bridgehead atoms. The van der Waals surface area contributed by atoms with Gasteiger partial charge in [0.1, 0.15) is 5.82 Å². The number of nitrogens with zero attached hydrogens (tertiary/aromatic N) is 2. The average Bonchev–Trinajstić information content (AvgIpc) is 2.66. The second-order valence-corrected chi connectivity index (χ2v) is 8.06. The molecular weight excluding hydrogens is 258 g/mol. The molecule has 0 atom stereocenters. The molecule has 0 aliphatic carbocycles. The first-order chi connectivity index (χ1) is 7.74. The lowest BCUT2D eigenvalue weighted by Gasteiger charge is -2.12. The molecule has 0 unspecified atom stereocenters. The highest BCUT2D eigenvalue weighted by Gasteiger charge is 2.19. The van der Waals surface area contributed by atoms with Crippen LogP contribution in [0.1, 0.15) is 33.5 Å². The van der Waals surface area contributed by atoms with E-state index in [1.807, 2.05) is 20.8 Å². The number of hydrogen-bond donors (Lipinski definition) is 1. The Morgan fingerprint density at radius 1 is 1.35 bits per heavy atom. The predicted molar refractivity (Wildman–Crippen MR) is 71.4 cm³/mol. The molecule has 1 aromatic rings. The van der Waals surface area contributed by atoms with Gasteiger partial charge in [-0.15, -0.1) is 0 Å². The van der Waals surface area contributed by atoms with Gasteiger partial charge in [0.05, 0.1) is 5.75 Å². The van der Waals surface area contributed by atoms with Crippen molar-refractivity contribution in [2.24, 2.45) is 0 Å². The summed E-state index contributed by atoms with van der Waals surface area (Å²) in [5.41, 5.74) is -0.0775. The Kier molecular flexibility index (Phi) is 4.48. The topological polar surface area (TPSA) is 72.0 Å². The van der Waals surface area contributed by atoms with Crippen LogP contribution in [0.5, 0.6) is 0 Å². The number of rotatable bonds is 5. The predicted octanol–water partition coefficient (Wildman–Crippen LogP) is 1.68. The molecule has 0 saturated carbocycles. The summed E-state index contributed by atoms with van der Waals surface area (Å²) >= 11 is 1.27. The third kappa shape index (κ3) is 4.59. The minimum Gasteiger partial charge on any atom is -0.359 e. The minimum absolute atomic E-state index is 0.0775. The van der Waals surface area contributed by atoms with Crippen molar-refractivity contribution in [3.05, 3.63) is 5.82 Å². The van der Waals surface area contributed by atoms with Crippen LogP contribution in [-0.4, -0.2) is 35.8 Å². The first kappa shape index (κ1) is 14.4. The zero-order valence-electron chi connectivity index (χ0n) is 10.6. The summed E-state index contributed by atoms with van der Waals surface area (Å²) in [6, 6.07) is 0. The lowest BCUT2D eigenvalue weighted by Crippen LogP contribution is -2.17. The Hall–Kier alpha value is -0.690. The van der Waals surface area contributed by atoms with Crippen LogP contribution in [-0.2, 0) is 15.3 Å². The Bertz CT molecular complexity index is 460. The van der Waals surface area contributed by atoms with E-state index in [0.717, 1.165) is 5.82 Å². The highest BCUT2D eigenvalue weighted by Crippen LogP contribution is 2.22. The third-order valence-electron chi connectivity index (χ3n) is 2.23. The van der Waals surface area contributed by atoms with Crippen molar-refractivity contribution < 1.29 is 8.42 Å². The number of aromatic nitrogens is 2. The Balaban J connectivity index is 2.52. The molecule has 7 heteroatoms. The molecule has 1 heterocycles. The monoisotopic (exact) mass is 277 g/mol. The maximum absolute atomic E-state index is 11.3. The number of nitrogens with one attached hydrogen (secondary N) is 1. The zero-order valence-corrected chi connectivity index (χ0v) is 12.3. The van der Waals surface area contributed by atoms with Gasteiger partial charge >= 0.3 is 0 Å². The Morgan fingerprint density at radius 3 is 2.47 bits per heavy atom. The van der Waals surface area contributed by atoms with E-state index >= 15 is 0 Å². The molecule has 98 valence electrons. The van der Waals surface area contributed by atoms with E-state index in [1.54, 1.807) is 6.92 Å². The normalized spacial score (nSPS) is 12.7. The van der Waals surface area contributed by atoms with Gasteiger partial charge in [0, 0.05) is 29.2 Å². The van der Waals surface area contributed by atoms with Crippen molar-refractivity contribution in [1.82, 2.24) is 9.36 Å². The fourth-order valence-corrected chi connectivity index (χ4v) is 2.54. The summed E-state index contributed by atoms with van der Waals surface area (Å²) in [6.07, 6.45) is 0. The zero-order chi connectivity index (χ0) is 13.1. The van der Waals surface area contributed by atoms with Crippen LogP contribution in [0.2, 0.25) is 0 Å². The van der Waals surface area contributed by atoms with Gasteiger partial charge < -0.3 is 5.32 Å². The highest BCUT2D eigenvalue weighted by molar-refractivity contribution is 7.91. The van der Waals surface area contributed by atoms with Gasteiger partial charge in [-0.1, -0.05) is 27.7 Å². The van der Waals surface area contributed by atoms with Gasteiger partial charge in [-0.2, -0.15) is 4.37 Å². The van der Waals surface area contributed by atoms with Gasteiger partial charge in [0.25, 0.3) is 0 Å². The lowest BCUT2D eigenvalue weighted by atomic mass is 9.96. The van der Waals surface area contributed by atoms with Crippen LogP contribution in [0.25, 0.3) is 0 Å². The summed E-state index contributed by atoms with van der Waals surface area (Å²) in [4.78, 5) is 4.33. The van der Waals surface area contributed by atoms with Gasteiger partial charge in [-0.3, -0.25) is 0 Å². The highest BCUT2D eigenvalue weighted by atomic mass is 32.2. The van der Waals surface area contributed by atoms with Gasteiger partial charge in [-0.25, -0.2) is 13.4 Å². The molecule has 5 nitrogen and oxygen atoms in total. The van der Waals surface area contributed by atoms with Gasteiger partial charge in [0.15, 0.2) is 9.84 Å². The fourth-order valence-electron chi connectivity index (χ4n) is 1.06. The van der Waals surface area contributed by atoms with Crippen molar-refractivity contribution in [3.63, 3.8) is 0 Å². The molecule has 0 aromatic carbocycles. The quantitative estimate of drug-likeness (QED) is 0.886. The van der Waals surface area contributed by atoms with Gasteiger partial charge in [0.2, 0.25) is 5.13 Å². The van der Waals surface area contributed by atoms with Crippen LogP contribution in [0.15, 0.2) is 0 Å². The molecule has 17 heavy (non-hydrogen) atoms. The molecule has 1 N–H and O–H groups in total. The van der Waals surface area contributed by atoms with E-state index in [-0.39, 0.29) is 16.9 Å². The minimum atomic E-state index is -2.92. The van der Waals surface area contributed by atoms with E-state index in [0.29, 0.717) is 11.7 Å². The van der Waals surface area contributed by atoms with Crippen LogP contribution in [0, 0.1) is 0 Å². The molecule has 1 aromatic heterocycles. The first-order valence-corrected chi connectivity index (χ1v) is 8.12. The average molecular weight is 277 g/mol. The second kappa shape index (κ2) is 5.30. The van der Waals surface area contributed by atoms with Crippen molar-refractivity contribution in [3.8, 4) is 0 Å². The van der Waals surface area contributed by atoms with Crippen molar-refractivity contribution in [2.75, 3.05) is 23.4 Å². The van der Waals surface area contributed by atoms with Gasteiger partial charge in [-0.05, 0) is 0 Å². The van der Waals surface area contributed by atoms with Crippen LogP contribution < -0.4 is 5.32 Å².